The van der Waals surface area contributed by atoms with Crippen molar-refractivity contribution in [2.24, 2.45) is 5.92 Å². The third-order valence-corrected chi connectivity index (χ3v) is 5.72. The summed E-state index contributed by atoms with van der Waals surface area (Å²) in [7, 11) is 0. The maximum Gasteiger partial charge on any atom is 0.286 e. The van der Waals surface area contributed by atoms with Crippen LogP contribution in [0.15, 0.2) is 0 Å². The van der Waals surface area contributed by atoms with Gasteiger partial charge in [0, 0.05) is 5.92 Å². The number of halogens is 5. The summed E-state index contributed by atoms with van der Waals surface area (Å²) in [5.74, 6) is -13.1. The van der Waals surface area contributed by atoms with Gasteiger partial charge in [0.2, 0.25) is 29.1 Å². The van der Waals surface area contributed by atoms with Crippen LogP contribution in [0.25, 0.3) is 0 Å². The minimum absolute atomic E-state index is 0.214. The predicted octanol–water partition coefficient (Wildman–Crippen LogP) is 8.84. The Morgan fingerprint density at radius 1 is 0.568 bits per heavy atom. The number of ether oxygens (including phenoxy) is 4. The molecule has 0 bridgehead atoms. The Bertz CT molecular complexity index is 746. The lowest BCUT2D eigenvalue weighted by atomic mass is 9.92. The molecule has 1 aromatic carbocycles. The summed E-state index contributed by atoms with van der Waals surface area (Å²) in [6.45, 7) is 13.2. The molecule has 4 nitrogen and oxygen atoms in total. The van der Waals surface area contributed by atoms with Crippen molar-refractivity contribution >= 4 is 0 Å². The molecular weight excluding hydrogens is 495 g/mol. The van der Waals surface area contributed by atoms with Crippen LogP contribution >= 0.6 is 0 Å². The Kier molecular flexibility index (Phi) is 15.0. The summed E-state index contributed by atoms with van der Waals surface area (Å²) in [5.41, 5.74) is 0. The molecule has 216 valence electrons. The summed E-state index contributed by atoms with van der Waals surface area (Å²) in [5, 5.41) is 0. The maximum absolute atomic E-state index is 14.0. The van der Waals surface area contributed by atoms with Crippen LogP contribution in [0.3, 0.4) is 0 Å². The van der Waals surface area contributed by atoms with Gasteiger partial charge in [-0.25, -0.2) is 13.2 Å². The Labute approximate surface area is 219 Å². The van der Waals surface area contributed by atoms with Gasteiger partial charge in [0.05, 0.1) is 24.9 Å². The van der Waals surface area contributed by atoms with Gasteiger partial charge in [-0.15, -0.1) is 0 Å². The maximum atomic E-state index is 14.0. The van der Waals surface area contributed by atoms with Crippen LogP contribution in [0.5, 0.6) is 5.75 Å². The Balaban J connectivity index is 3.08. The first-order valence-corrected chi connectivity index (χ1v) is 13.5. The van der Waals surface area contributed by atoms with Gasteiger partial charge in [0.25, 0.3) is 5.97 Å². The van der Waals surface area contributed by atoms with Crippen LogP contribution in [0.1, 0.15) is 106 Å². The van der Waals surface area contributed by atoms with Gasteiger partial charge in [-0.1, -0.05) is 45.4 Å². The predicted molar refractivity (Wildman–Crippen MR) is 134 cm³/mol. The molecule has 0 aliphatic rings. The number of rotatable bonds is 19. The van der Waals surface area contributed by atoms with E-state index in [1.807, 2.05) is 41.5 Å². The molecule has 0 aliphatic heterocycles. The summed E-state index contributed by atoms with van der Waals surface area (Å²) >= 11 is 0. The lowest BCUT2D eigenvalue weighted by Gasteiger charge is -2.43. The Hall–Kier alpha value is -1.45. The average molecular weight is 541 g/mol. The van der Waals surface area contributed by atoms with Gasteiger partial charge < -0.3 is 18.9 Å². The number of hydrogen-bond donors (Lipinski definition) is 0. The third-order valence-electron chi connectivity index (χ3n) is 5.72. The van der Waals surface area contributed by atoms with Crippen molar-refractivity contribution in [1.29, 1.82) is 0 Å². The lowest BCUT2D eigenvalue weighted by Crippen LogP contribution is -2.51. The zero-order valence-electron chi connectivity index (χ0n) is 23.4. The van der Waals surface area contributed by atoms with Crippen LogP contribution < -0.4 is 4.74 Å². The minimum atomic E-state index is -2.21. The van der Waals surface area contributed by atoms with Crippen LogP contribution in [0.4, 0.5) is 22.0 Å². The van der Waals surface area contributed by atoms with E-state index in [-0.39, 0.29) is 37.3 Å². The second-order valence-electron chi connectivity index (χ2n) is 10.2. The standard InChI is InChI=1S/C28H45F5O4/c1-8-9-10-11-12-13-15-21(28(35-18(2)3,36-19(4)5)37-20(6)7)16-14-17-34-27-25(32)23(30)22(29)24(31)26(27)33/h18-21H,8-17H2,1-7H3. The van der Waals surface area contributed by atoms with Gasteiger partial charge in [-0.2, -0.15) is 8.78 Å². The highest BCUT2D eigenvalue weighted by atomic mass is 19.2. The quantitative estimate of drug-likeness (QED) is 0.0578. The van der Waals surface area contributed by atoms with E-state index in [9.17, 15) is 22.0 Å². The van der Waals surface area contributed by atoms with Gasteiger partial charge in [0.1, 0.15) is 0 Å². The van der Waals surface area contributed by atoms with E-state index >= 15 is 0 Å². The van der Waals surface area contributed by atoms with Crippen molar-refractivity contribution < 1.29 is 40.9 Å². The molecule has 1 unspecified atom stereocenters. The molecule has 0 N–H and O–H groups in total. The van der Waals surface area contributed by atoms with E-state index in [0.29, 0.717) is 12.8 Å². The zero-order chi connectivity index (χ0) is 28.2. The zero-order valence-corrected chi connectivity index (χ0v) is 23.4. The molecule has 0 amide bonds. The molecule has 0 heterocycles. The molecule has 1 atom stereocenters. The van der Waals surface area contributed by atoms with Crippen LogP contribution in [0.2, 0.25) is 0 Å². The molecule has 0 aliphatic carbocycles. The Morgan fingerprint density at radius 3 is 1.43 bits per heavy atom. The summed E-state index contributed by atoms with van der Waals surface area (Å²) < 4.78 is 92.2. The van der Waals surface area contributed by atoms with Crippen LogP contribution in [0, 0.1) is 35.0 Å². The fourth-order valence-corrected chi connectivity index (χ4v) is 4.24. The summed E-state index contributed by atoms with van der Waals surface area (Å²) in [6.07, 6.45) is 7.29. The van der Waals surface area contributed by atoms with E-state index in [2.05, 4.69) is 6.92 Å². The highest BCUT2D eigenvalue weighted by Gasteiger charge is 2.44. The molecule has 0 aromatic heterocycles. The van der Waals surface area contributed by atoms with Gasteiger partial charge >= 0.3 is 0 Å². The van der Waals surface area contributed by atoms with Crippen molar-refractivity contribution in [1.82, 2.24) is 0 Å². The molecule has 0 radical (unpaired) electrons. The molecule has 0 spiro atoms. The van der Waals surface area contributed by atoms with E-state index in [4.69, 9.17) is 18.9 Å². The third kappa shape index (κ3) is 10.7. The molecule has 0 saturated carbocycles. The highest BCUT2D eigenvalue weighted by Crippen LogP contribution is 2.37. The van der Waals surface area contributed by atoms with Crippen molar-refractivity contribution in [3.63, 3.8) is 0 Å². The highest BCUT2D eigenvalue weighted by molar-refractivity contribution is 5.29. The van der Waals surface area contributed by atoms with Crippen molar-refractivity contribution in [2.75, 3.05) is 6.61 Å². The molecule has 0 fully saturated rings. The first-order valence-electron chi connectivity index (χ1n) is 13.5. The van der Waals surface area contributed by atoms with Crippen molar-refractivity contribution in [3.05, 3.63) is 29.1 Å². The second kappa shape index (κ2) is 16.5. The number of unbranched alkanes of at least 4 members (excludes halogenated alkanes) is 5. The topological polar surface area (TPSA) is 36.9 Å². The number of benzene rings is 1. The summed E-state index contributed by atoms with van der Waals surface area (Å²) in [6, 6.07) is 0. The van der Waals surface area contributed by atoms with Crippen LogP contribution in [-0.2, 0) is 14.2 Å². The molecule has 0 saturated heterocycles. The van der Waals surface area contributed by atoms with E-state index in [1.54, 1.807) is 0 Å². The first-order chi connectivity index (χ1) is 17.4. The minimum Gasteiger partial charge on any atom is -0.487 e. The fourth-order valence-electron chi connectivity index (χ4n) is 4.24. The summed E-state index contributed by atoms with van der Waals surface area (Å²) in [4.78, 5) is 0. The monoisotopic (exact) mass is 540 g/mol. The molecule has 9 heteroatoms. The normalized spacial score (nSPS) is 13.3. The average Bonchev–Trinajstić information content (AvgIpc) is 2.80. The fraction of sp³-hybridized carbons (Fsp3) is 0.786. The molecule has 37 heavy (non-hydrogen) atoms. The molecule has 1 rings (SSSR count). The first kappa shape index (κ1) is 33.6. The van der Waals surface area contributed by atoms with Crippen molar-refractivity contribution in [3.8, 4) is 5.75 Å². The Morgan fingerprint density at radius 2 is 0.973 bits per heavy atom. The smallest absolute Gasteiger partial charge is 0.286 e. The molecule has 1 aromatic rings. The lowest BCUT2D eigenvalue weighted by molar-refractivity contribution is -0.433. The second-order valence-corrected chi connectivity index (χ2v) is 10.2. The van der Waals surface area contributed by atoms with E-state index < -0.39 is 40.8 Å². The van der Waals surface area contributed by atoms with E-state index in [1.165, 1.54) is 6.42 Å². The van der Waals surface area contributed by atoms with Crippen LogP contribution in [-0.4, -0.2) is 30.9 Å². The van der Waals surface area contributed by atoms with Gasteiger partial charge in [0.15, 0.2) is 5.75 Å². The van der Waals surface area contributed by atoms with Gasteiger partial charge in [-0.3, -0.25) is 0 Å². The van der Waals surface area contributed by atoms with E-state index in [0.717, 1.165) is 32.1 Å². The molecular formula is C28H45F5O4. The number of hydrogen-bond acceptors (Lipinski definition) is 4. The van der Waals surface area contributed by atoms with Gasteiger partial charge in [-0.05, 0) is 60.8 Å². The van der Waals surface area contributed by atoms with Crippen molar-refractivity contribution in [2.45, 2.75) is 131 Å². The largest absolute Gasteiger partial charge is 0.487 e. The SMILES string of the molecule is CCCCCCCCC(CCCOc1c(F)c(F)c(F)c(F)c1F)C(OC(C)C)(OC(C)C)OC(C)C.